The van der Waals surface area contributed by atoms with Crippen molar-refractivity contribution in [2.24, 2.45) is 0 Å². The van der Waals surface area contributed by atoms with Gasteiger partial charge in [-0.25, -0.2) is 0 Å². The summed E-state index contributed by atoms with van der Waals surface area (Å²) in [6, 6.07) is 5.57. The van der Waals surface area contributed by atoms with Gasteiger partial charge >= 0.3 is 0 Å². The van der Waals surface area contributed by atoms with Crippen LogP contribution in [-0.2, 0) is 20.7 Å². The molecule has 21 heavy (non-hydrogen) atoms. The number of nitrogens with one attached hydrogen (secondary N) is 3. The Balaban J connectivity index is 1.70. The second-order valence-corrected chi connectivity index (χ2v) is 5.33. The molecule has 1 aromatic rings. The number of carbonyl (C=O) groups is 2. The summed E-state index contributed by atoms with van der Waals surface area (Å²) in [4.78, 5) is 23.6. The first-order chi connectivity index (χ1) is 10.2. The molecular formula is C15H19N3O3. The second-order valence-electron chi connectivity index (χ2n) is 5.33. The van der Waals surface area contributed by atoms with Gasteiger partial charge in [0.05, 0.1) is 6.61 Å². The summed E-state index contributed by atoms with van der Waals surface area (Å²) >= 11 is 0. The van der Waals surface area contributed by atoms with Crippen LogP contribution in [0.2, 0.25) is 0 Å². The lowest BCUT2D eigenvalue weighted by Crippen LogP contribution is -2.45. The third-order valence-electron chi connectivity index (χ3n) is 3.72. The van der Waals surface area contributed by atoms with E-state index in [4.69, 9.17) is 4.74 Å². The minimum absolute atomic E-state index is 0.0483. The van der Waals surface area contributed by atoms with Gasteiger partial charge < -0.3 is 20.7 Å². The highest BCUT2D eigenvalue weighted by Gasteiger charge is 2.22. The van der Waals surface area contributed by atoms with Crippen molar-refractivity contribution in [3.8, 4) is 0 Å². The number of hydrogen-bond acceptors (Lipinski definition) is 4. The number of ether oxygens (including phenoxy) is 1. The zero-order valence-electron chi connectivity index (χ0n) is 11.8. The SMILES string of the molecule is O=C1CCCc2cc(NC(=O)C3CNCCO3)ccc2N1. The molecule has 112 valence electrons. The molecule has 1 atom stereocenters. The molecule has 0 radical (unpaired) electrons. The lowest BCUT2D eigenvalue weighted by Gasteiger charge is -2.22. The maximum atomic E-state index is 12.1. The van der Waals surface area contributed by atoms with Crippen molar-refractivity contribution in [3.63, 3.8) is 0 Å². The number of benzene rings is 1. The molecule has 2 heterocycles. The van der Waals surface area contributed by atoms with Gasteiger partial charge in [0.1, 0.15) is 6.10 Å². The molecule has 3 rings (SSSR count). The summed E-state index contributed by atoms with van der Waals surface area (Å²) < 4.78 is 5.43. The van der Waals surface area contributed by atoms with E-state index in [0.29, 0.717) is 19.6 Å². The van der Waals surface area contributed by atoms with Gasteiger partial charge in [-0.1, -0.05) is 0 Å². The highest BCUT2D eigenvalue weighted by atomic mass is 16.5. The molecule has 6 nitrogen and oxygen atoms in total. The first-order valence-electron chi connectivity index (χ1n) is 7.28. The molecule has 0 aliphatic carbocycles. The fourth-order valence-electron chi connectivity index (χ4n) is 2.61. The lowest BCUT2D eigenvalue weighted by atomic mass is 10.1. The zero-order chi connectivity index (χ0) is 14.7. The highest BCUT2D eigenvalue weighted by Crippen LogP contribution is 2.25. The Hall–Kier alpha value is -1.92. The molecule has 1 saturated heterocycles. The number of hydrogen-bond donors (Lipinski definition) is 3. The van der Waals surface area contributed by atoms with E-state index in [1.807, 2.05) is 12.1 Å². The number of carbonyl (C=O) groups excluding carboxylic acids is 2. The molecule has 6 heteroatoms. The normalized spacial score (nSPS) is 21.9. The summed E-state index contributed by atoms with van der Waals surface area (Å²) in [6.07, 6.45) is 1.75. The predicted octanol–water partition coefficient (Wildman–Crippen LogP) is 0.888. The number of morpholine rings is 1. The molecule has 0 saturated carbocycles. The summed E-state index contributed by atoms with van der Waals surface area (Å²) in [6.45, 7) is 1.86. The van der Waals surface area contributed by atoms with Gasteiger partial charge in [0.2, 0.25) is 5.91 Å². The van der Waals surface area contributed by atoms with E-state index in [9.17, 15) is 9.59 Å². The van der Waals surface area contributed by atoms with Gasteiger partial charge in [-0.3, -0.25) is 9.59 Å². The Kier molecular flexibility index (Phi) is 4.17. The third-order valence-corrected chi connectivity index (χ3v) is 3.72. The fraction of sp³-hybridized carbons (Fsp3) is 0.467. The Morgan fingerprint density at radius 3 is 3.05 bits per heavy atom. The molecule has 1 unspecified atom stereocenters. The van der Waals surface area contributed by atoms with E-state index in [1.54, 1.807) is 6.07 Å². The van der Waals surface area contributed by atoms with E-state index < -0.39 is 6.10 Å². The lowest BCUT2D eigenvalue weighted by molar-refractivity contribution is -0.128. The highest BCUT2D eigenvalue weighted by molar-refractivity contribution is 5.96. The van der Waals surface area contributed by atoms with Crippen LogP contribution < -0.4 is 16.0 Å². The Morgan fingerprint density at radius 1 is 1.33 bits per heavy atom. The maximum Gasteiger partial charge on any atom is 0.254 e. The number of amides is 2. The first-order valence-corrected chi connectivity index (χ1v) is 7.28. The zero-order valence-corrected chi connectivity index (χ0v) is 11.8. The van der Waals surface area contributed by atoms with E-state index in [2.05, 4.69) is 16.0 Å². The van der Waals surface area contributed by atoms with Gasteiger partial charge in [-0.05, 0) is 36.6 Å². The van der Waals surface area contributed by atoms with Crippen LogP contribution in [0.3, 0.4) is 0 Å². The standard InChI is InChI=1S/C15H19N3O3/c19-14-3-1-2-10-8-11(4-5-12(10)18-14)17-15(20)13-9-16-6-7-21-13/h4-5,8,13,16H,1-3,6-7,9H2,(H,17,20)(H,18,19). The quantitative estimate of drug-likeness (QED) is 0.755. The minimum Gasteiger partial charge on any atom is -0.366 e. The maximum absolute atomic E-state index is 12.1. The number of fused-ring (bicyclic) bond motifs is 1. The Bertz CT molecular complexity index is 553. The third kappa shape index (κ3) is 3.40. The topological polar surface area (TPSA) is 79.5 Å². The largest absolute Gasteiger partial charge is 0.366 e. The summed E-state index contributed by atoms with van der Waals surface area (Å²) in [5.74, 6) is -0.0907. The van der Waals surface area contributed by atoms with Crippen molar-refractivity contribution in [2.75, 3.05) is 30.3 Å². The molecule has 0 aromatic heterocycles. The fourth-order valence-corrected chi connectivity index (χ4v) is 2.61. The summed E-state index contributed by atoms with van der Waals surface area (Å²) in [7, 11) is 0. The molecule has 3 N–H and O–H groups in total. The van der Waals surface area contributed by atoms with E-state index in [0.717, 1.165) is 36.3 Å². The van der Waals surface area contributed by atoms with Crippen molar-refractivity contribution < 1.29 is 14.3 Å². The average Bonchev–Trinajstić information content (AvgIpc) is 2.68. The van der Waals surface area contributed by atoms with Crippen molar-refractivity contribution in [2.45, 2.75) is 25.4 Å². The van der Waals surface area contributed by atoms with Gasteiger partial charge in [0, 0.05) is 30.9 Å². The van der Waals surface area contributed by atoms with Gasteiger partial charge in [0.15, 0.2) is 0 Å². The summed E-state index contributed by atoms with van der Waals surface area (Å²) in [5, 5.41) is 8.89. The molecule has 0 spiro atoms. The van der Waals surface area contributed by atoms with Crippen molar-refractivity contribution in [1.82, 2.24) is 5.32 Å². The number of anilines is 2. The van der Waals surface area contributed by atoms with Crippen LogP contribution in [0.25, 0.3) is 0 Å². The molecule has 2 amide bonds. The van der Waals surface area contributed by atoms with Gasteiger partial charge in [0.25, 0.3) is 5.91 Å². The van der Waals surface area contributed by atoms with Gasteiger partial charge in [-0.15, -0.1) is 0 Å². The van der Waals surface area contributed by atoms with Crippen LogP contribution in [-0.4, -0.2) is 37.6 Å². The smallest absolute Gasteiger partial charge is 0.254 e. The van der Waals surface area contributed by atoms with Crippen LogP contribution in [0.15, 0.2) is 18.2 Å². The molecule has 1 aromatic carbocycles. The Morgan fingerprint density at radius 2 is 2.24 bits per heavy atom. The van der Waals surface area contributed by atoms with E-state index >= 15 is 0 Å². The number of aryl methyl sites for hydroxylation is 1. The van der Waals surface area contributed by atoms with Crippen LogP contribution in [0.4, 0.5) is 11.4 Å². The first kappa shape index (κ1) is 14.0. The summed E-state index contributed by atoms with van der Waals surface area (Å²) in [5.41, 5.74) is 2.64. The second kappa shape index (κ2) is 6.24. The average molecular weight is 289 g/mol. The predicted molar refractivity (Wildman–Crippen MR) is 79.2 cm³/mol. The van der Waals surface area contributed by atoms with Gasteiger partial charge in [-0.2, -0.15) is 0 Å². The molecule has 1 fully saturated rings. The molecular weight excluding hydrogens is 270 g/mol. The molecule has 0 bridgehead atoms. The van der Waals surface area contributed by atoms with Crippen LogP contribution in [0.5, 0.6) is 0 Å². The van der Waals surface area contributed by atoms with Crippen molar-refractivity contribution >= 4 is 23.2 Å². The number of rotatable bonds is 2. The van der Waals surface area contributed by atoms with E-state index in [-0.39, 0.29) is 11.8 Å². The molecule has 2 aliphatic rings. The van der Waals surface area contributed by atoms with Crippen LogP contribution in [0.1, 0.15) is 18.4 Å². The Labute approximate surface area is 123 Å². The molecule has 2 aliphatic heterocycles. The van der Waals surface area contributed by atoms with Crippen molar-refractivity contribution in [1.29, 1.82) is 0 Å². The van der Waals surface area contributed by atoms with Crippen molar-refractivity contribution in [3.05, 3.63) is 23.8 Å². The van der Waals surface area contributed by atoms with E-state index in [1.165, 1.54) is 0 Å². The van der Waals surface area contributed by atoms with Crippen LogP contribution in [0, 0.1) is 0 Å². The monoisotopic (exact) mass is 289 g/mol. The minimum atomic E-state index is -0.447. The van der Waals surface area contributed by atoms with Crippen LogP contribution >= 0.6 is 0 Å².